The first-order chi connectivity index (χ1) is 9.83. The molecule has 0 atom stereocenters. The van der Waals surface area contributed by atoms with Crippen LogP contribution in [0.1, 0.15) is 0 Å². The van der Waals surface area contributed by atoms with E-state index in [1.807, 2.05) is 24.4 Å². The van der Waals surface area contributed by atoms with Gasteiger partial charge in [-0.3, -0.25) is 0 Å². The molecule has 5 heteroatoms. The lowest BCUT2D eigenvalue weighted by Gasteiger charge is -2.08. The summed E-state index contributed by atoms with van der Waals surface area (Å²) in [6.45, 7) is 3.91. The quantitative estimate of drug-likeness (QED) is 0.562. The van der Waals surface area contributed by atoms with Crippen LogP contribution in [0.25, 0.3) is 10.9 Å². The minimum Gasteiger partial charge on any atom is -0.398 e. The van der Waals surface area contributed by atoms with Crippen LogP contribution in [0.4, 0.5) is 5.69 Å². The molecular weight excluding hydrogens is 256 g/mol. The van der Waals surface area contributed by atoms with Gasteiger partial charge in [0.1, 0.15) is 0 Å². The summed E-state index contributed by atoms with van der Waals surface area (Å²) in [5.74, 6) is 0. The highest BCUT2D eigenvalue weighted by Crippen LogP contribution is 2.21. The minimum atomic E-state index is 0.600. The Balaban J connectivity index is 1.70. The van der Waals surface area contributed by atoms with Gasteiger partial charge in [0.15, 0.2) is 0 Å². The molecular formula is C15H22N2O3. The van der Waals surface area contributed by atoms with Crippen LogP contribution in [0.2, 0.25) is 0 Å². The Kier molecular flexibility index (Phi) is 5.86. The molecule has 0 aliphatic heterocycles. The molecule has 0 radical (unpaired) electrons. The third-order valence-corrected chi connectivity index (χ3v) is 3.13. The third kappa shape index (κ3) is 3.96. The van der Waals surface area contributed by atoms with Gasteiger partial charge in [0, 0.05) is 30.9 Å². The Morgan fingerprint density at radius 3 is 2.55 bits per heavy atom. The summed E-state index contributed by atoms with van der Waals surface area (Å²) in [5, 5.41) is 1.09. The summed E-state index contributed by atoms with van der Waals surface area (Å²) >= 11 is 0. The summed E-state index contributed by atoms with van der Waals surface area (Å²) in [5.41, 5.74) is 7.89. The van der Waals surface area contributed by atoms with Crippen molar-refractivity contribution in [1.29, 1.82) is 0 Å². The molecule has 0 aliphatic carbocycles. The molecule has 20 heavy (non-hydrogen) atoms. The maximum Gasteiger partial charge on any atom is 0.0701 e. The van der Waals surface area contributed by atoms with Gasteiger partial charge in [-0.25, -0.2) is 0 Å². The van der Waals surface area contributed by atoms with E-state index in [2.05, 4.69) is 10.6 Å². The van der Waals surface area contributed by atoms with E-state index in [1.54, 1.807) is 7.11 Å². The third-order valence-electron chi connectivity index (χ3n) is 3.13. The molecule has 110 valence electrons. The van der Waals surface area contributed by atoms with E-state index in [4.69, 9.17) is 19.9 Å². The number of methoxy groups -OCH3 is 1. The predicted octanol–water partition coefficient (Wildman–Crippen LogP) is 1.90. The highest BCUT2D eigenvalue weighted by atomic mass is 16.5. The molecule has 2 N–H and O–H groups in total. The highest BCUT2D eigenvalue weighted by Gasteiger charge is 2.02. The van der Waals surface area contributed by atoms with Crippen molar-refractivity contribution in [3.8, 4) is 0 Å². The van der Waals surface area contributed by atoms with Crippen LogP contribution in [0.15, 0.2) is 30.5 Å². The Hall–Kier alpha value is -1.56. The standard InChI is InChI=1S/C15H22N2O3/c1-18-9-10-20-12-11-19-8-7-17-6-5-13-14(16)3-2-4-15(13)17/h2-6H,7-12,16H2,1H3. The Labute approximate surface area is 119 Å². The highest BCUT2D eigenvalue weighted by molar-refractivity contribution is 5.91. The number of rotatable bonds is 9. The van der Waals surface area contributed by atoms with Crippen molar-refractivity contribution in [1.82, 2.24) is 4.57 Å². The van der Waals surface area contributed by atoms with Crippen LogP contribution in [0, 0.1) is 0 Å². The zero-order valence-electron chi connectivity index (χ0n) is 11.9. The van der Waals surface area contributed by atoms with Gasteiger partial charge in [0.05, 0.1) is 38.6 Å². The second kappa shape index (κ2) is 7.89. The molecule has 2 aromatic rings. The van der Waals surface area contributed by atoms with E-state index >= 15 is 0 Å². The van der Waals surface area contributed by atoms with E-state index < -0.39 is 0 Å². The molecule has 5 nitrogen and oxygen atoms in total. The van der Waals surface area contributed by atoms with E-state index in [1.165, 1.54) is 0 Å². The van der Waals surface area contributed by atoms with Gasteiger partial charge in [0.2, 0.25) is 0 Å². The molecule has 0 fully saturated rings. The Bertz CT molecular complexity index is 525. The normalized spacial score (nSPS) is 11.2. The predicted molar refractivity (Wildman–Crippen MR) is 79.9 cm³/mol. The van der Waals surface area contributed by atoms with Gasteiger partial charge in [-0.15, -0.1) is 0 Å². The van der Waals surface area contributed by atoms with Crippen LogP contribution in [-0.4, -0.2) is 44.7 Å². The monoisotopic (exact) mass is 278 g/mol. The summed E-state index contributed by atoms with van der Waals surface area (Å²) < 4.78 is 17.9. The van der Waals surface area contributed by atoms with Crippen molar-refractivity contribution in [3.63, 3.8) is 0 Å². The van der Waals surface area contributed by atoms with Crippen LogP contribution in [0.3, 0.4) is 0 Å². The Morgan fingerprint density at radius 2 is 1.75 bits per heavy atom. The zero-order chi connectivity index (χ0) is 14.2. The van der Waals surface area contributed by atoms with Crippen molar-refractivity contribution >= 4 is 16.6 Å². The number of nitrogens with zero attached hydrogens (tertiary/aromatic N) is 1. The number of nitrogens with two attached hydrogens (primary N) is 1. The molecule has 1 aromatic heterocycles. The fraction of sp³-hybridized carbons (Fsp3) is 0.467. The van der Waals surface area contributed by atoms with Crippen LogP contribution in [0.5, 0.6) is 0 Å². The lowest BCUT2D eigenvalue weighted by molar-refractivity contribution is 0.0232. The first-order valence-electron chi connectivity index (χ1n) is 6.80. The van der Waals surface area contributed by atoms with Gasteiger partial charge >= 0.3 is 0 Å². The molecule has 0 saturated carbocycles. The molecule has 0 amide bonds. The van der Waals surface area contributed by atoms with Crippen molar-refractivity contribution < 1.29 is 14.2 Å². The van der Waals surface area contributed by atoms with E-state index in [0.29, 0.717) is 33.0 Å². The molecule has 0 spiro atoms. The number of aromatic nitrogens is 1. The van der Waals surface area contributed by atoms with Crippen molar-refractivity contribution in [3.05, 3.63) is 30.5 Å². The summed E-state index contributed by atoms with van der Waals surface area (Å²) in [6, 6.07) is 8.00. The van der Waals surface area contributed by atoms with Crippen LogP contribution < -0.4 is 5.73 Å². The fourth-order valence-electron chi connectivity index (χ4n) is 2.07. The number of hydrogen-bond acceptors (Lipinski definition) is 4. The fourth-order valence-corrected chi connectivity index (χ4v) is 2.07. The SMILES string of the molecule is COCCOCCOCCn1ccc2c(N)cccc21. The number of nitrogen functional groups attached to an aromatic ring is 1. The molecule has 0 unspecified atom stereocenters. The summed E-state index contributed by atoms with van der Waals surface area (Å²) in [7, 11) is 1.66. The maximum atomic E-state index is 5.93. The van der Waals surface area contributed by atoms with E-state index in [-0.39, 0.29) is 0 Å². The van der Waals surface area contributed by atoms with Crippen LogP contribution >= 0.6 is 0 Å². The van der Waals surface area contributed by atoms with E-state index in [9.17, 15) is 0 Å². The number of fused-ring (bicyclic) bond motifs is 1. The number of anilines is 1. The smallest absolute Gasteiger partial charge is 0.0701 e. The lowest BCUT2D eigenvalue weighted by Crippen LogP contribution is -2.11. The zero-order valence-corrected chi connectivity index (χ0v) is 11.9. The van der Waals surface area contributed by atoms with Gasteiger partial charge in [-0.05, 0) is 18.2 Å². The van der Waals surface area contributed by atoms with E-state index in [0.717, 1.165) is 23.1 Å². The molecule has 0 bridgehead atoms. The first-order valence-corrected chi connectivity index (χ1v) is 6.80. The topological polar surface area (TPSA) is 58.6 Å². The average Bonchev–Trinajstić information content (AvgIpc) is 2.87. The average molecular weight is 278 g/mol. The number of hydrogen-bond donors (Lipinski definition) is 1. The number of benzene rings is 1. The lowest BCUT2D eigenvalue weighted by atomic mass is 10.2. The summed E-state index contributed by atoms with van der Waals surface area (Å²) in [6.07, 6.45) is 2.04. The largest absolute Gasteiger partial charge is 0.398 e. The molecule has 1 aromatic carbocycles. The van der Waals surface area contributed by atoms with Gasteiger partial charge in [0.25, 0.3) is 0 Å². The number of ether oxygens (including phenoxy) is 3. The van der Waals surface area contributed by atoms with Crippen LogP contribution in [-0.2, 0) is 20.8 Å². The molecule has 1 heterocycles. The molecule has 0 aliphatic rings. The first kappa shape index (κ1) is 14.8. The van der Waals surface area contributed by atoms with Gasteiger partial charge in [-0.1, -0.05) is 6.07 Å². The van der Waals surface area contributed by atoms with Crippen molar-refractivity contribution in [2.45, 2.75) is 6.54 Å². The van der Waals surface area contributed by atoms with Crippen molar-refractivity contribution in [2.75, 3.05) is 45.9 Å². The van der Waals surface area contributed by atoms with Gasteiger partial charge < -0.3 is 24.5 Å². The summed E-state index contributed by atoms with van der Waals surface area (Å²) in [4.78, 5) is 0. The second-order valence-electron chi connectivity index (χ2n) is 4.51. The van der Waals surface area contributed by atoms with Crippen molar-refractivity contribution in [2.24, 2.45) is 0 Å². The Morgan fingerprint density at radius 1 is 1.00 bits per heavy atom. The molecule has 2 rings (SSSR count). The molecule has 0 saturated heterocycles. The van der Waals surface area contributed by atoms with Gasteiger partial charge in [-0.2, -0.15) is 0 Å². The minimum absolute atomic E-state index is 0.600. The second-order valence-corrected chi connectivity index (χ2v) is 4.51. The maximum absolute atomic E-state index is 5.93.